The Morgan fingerprint density at radius 2 is 1.70 bits per heavy atom. The molecule has 0 aliphatic carbocycles. The van der Waals surface area contributed by atoms with Gasteiger partial charge in [0.2, 0.25) is 15.9 Å². The molecule has 0 atom stereocenters. The second-order valence-corrected chi connectivity index (χ2v) is 9.44. The van der Waals surface area contributed by atoms with Crippen molar-refractivity contribution in [2.45, 2.75) is 18.7 Å². The molecule has 0 radical (unpaired) electrons. The molecule has 2 N–H and O–H groups in total. The largest absolute Gasteiger partial charge is 0.436 e. The van der Waals surface area contributed by atoms with Gasteiger partial charge in [0.1, 0.15) is 0 Å². The van der Waals surface area contributed by atoms with E-state index in [0.29, 0.717) is 34.0 Å². The summed E-state index contributed by atoms with van der Waals surface area (Å²) < 4.78 is 32.8. The lowest BCUT2D eigenvalue weighted by Gasteiger charge is -2.11. The van der Waals surface area contributed by atoms with Crippen LogP contribution in [-0.2, 0) is 10.0 Å². The SMILES string of the molecule is CNS(=O)(=O)c1cc(NC(=O)c2ccccc2-c2ncc(-c3ccc(C)cc3)o2)ccc1C. The van der Waals surface area contributed by atoms with E-state index in [-0.39, 0.29) is 4.90 Å². The minimum absolute atomic E-state index is 0.103. The summed E-state index contributed by atoms with van der Waals surface area (Å²) in [5.41, 5.74) is 3.85. The number of hydrogen-bond acceptors (Lipinski definition) is 5. The van der Waals surface area contributed by atoms with Crippen molar-refractivity contribution in [3.63, 3.8) is 0 Å². The summed E-state index contributed by atoms with van der Waals surface area (Å²) >= 11 is 0. The molecule has 0 aliphatic rings. The average molecular weight is 462 g/mol. The van der Waals surface area contributed by atoms with Crippen LogP contribution in [0.2, 0.25) is 0 Å². The molecule has 8 heteroatoms. The van der Waals surface area contributed by atoms with Crippen LogP contribution in [0.3, 0.4) is 0 Å². The highest BCUT2D eigenvalue weighted by Crippen LogP contribution is 2.29. The molecular weight excluding hydrogens is 438 g/mol. The van der Waals surface area contributed by atoms with Crippen LogP contribution in [0.4, 0.5) is 5.69 Å². The number of rotatable bonds is 6. The van der Waals surface area contributed by atoms with E-state index in [1.54, 1.807) is 49.5 Å². The Balaban J connectivity index is 1.64. The number of hydrogen-bond donors (Lipinski definition) is 2. The van der Waals surface area contributed by atoms with Crippen molar-refractivity contribution in [3.05, 3.63) is 89.6 Å². The number of nitrogens with one attached hydrogen (secondary N) is 2. The number of carbonyl (C=O) groups is 1. The molecule has 3 aromatic carbocycles. The van der Waals surface area contributed by atoms with Crippen LogP contribution in [0.25, 0.3) is 22.8 Å². The fraction of sp³-hybridized carbons (Fsp3) is 0.120. The predicted octanol–water partition coefficient (Wildman–Crippen LogP) is 4.79. The summed E-state index contributed by atoms with van der Waals surface area (Å²) in [6.07, 6.45) is 1.63. The monoisotopic (exact) mass is 461 g/mol. The quantitative estimate of drug-likeness (QED) is 0.430. The Kier molecular flexibility index (Phi) is 6.13. The molecule has 0 saturated heterocycles. The summed E-state index contributed by atoms with van der Waals surface area (Å²) in [7, 11) is -2.31. The topological polar surface area (TPSA) is 101 Å². The normalized spacial score (nSPS) is 11.4. The first-order valence-electron chi connectivity index (χ1n) is 10.3. The second kappa shape index (κ2) is 9.01. The Morgan fingerprint density at radius 1 is 0.970 bits per heavy atom. The summed E-state index contributed by atoms with van der Waals surface area (Å²) in [5.74, 6) is 0.511. The fourth-order valence-corrected chi connectivity index (χ4v) is 4.39. The third-order valence-corrected chi connectivity index (χ3v) is 6.80. The van der Waals surface area contributed by atoms with Gasteiger partial charge in [-0.1, -0.05) is 48.0 Å². The number of sulfonamides is 1. The van der Waals surface area contributed by atoms with Crippen LogP contribution in [0, 0.1) is 13.8 Å². The van der Waals surface area contributed by atoms with Gasteiger partial charge in [-0.3, -0.25) is 4.79 Å². The molecule has 0 saturated carbocycles. The van der Waals surface area contributed by atoms with E-state index in [2.05, 4.69) is 15.0 Å². The number of carbonyl (C=O) groups excluding carboxylic acids is 1. The van der Waals surface area contributed by atoms with Crippen LogP contribution < -0.4 is 10.0 Å². The van der Waals surface area contributed by atoms with E-state index in [1.165, 1.54) is 13.1 Å². The first-order valence-corrected chi connectivity index (χ1v) is 11.7. The Labute approximate surface area is 192 Å². The molecule has 4 rings (SSSR count). The van der Waals surface area contributed by atoms with Crippen LogP contribution >= 0.6 is 0 Å². The molecule has 1 aromatic heterocycles. The minimum Gasteiger partial charge on any atom is -0.436 e. The highest BCUT2D eigenvalue weighted by atomic mass is 32.2. The van der Waals surface area contributed by atoms with Crippen LogP contribution in [0.1, 0.15) is 21.5 Å². The first kappa shape index (κ1) is 22.4. The van der Waals surface area contributed by atoms with Gasteiger partial charge in [0.25, 0.3) is 5.91 Å². The smallest absolute Gasteiger partial charge is 0.256 e. The van der Waals surface area contributed by atoms with Crippen molar-refractivity contribution in [1.82, 2.24) is 9.71 Å². The van der Waals surface area contributed by atoms with E-state index in [9.17, 15) is 13.2 Å². The average Bonchev–Trinajstić information content (AvgIpc) is 3.31. The predicted molar refractivity (Wildman–Crippen MR) is 127 cm³/mol. The number of nitrogens with zero attached hydrogens (tertiary/aromatic N) is 1. The summed E-state index contributed by atoms with van der Waals surface area (Å²) in [5, 5.41) is 2.78. The highest BCUT2D eigenvalue weighted by molar-refractivity contribution is 7.89. The van der Waals surface area contributed by atoms with E-state index in [4.69, 9.17) is 4.42 Å². The van der Waals surface area contributed by atoms with Crippen molar-refractivity contribution < 1.29 is 17.6 Å². The molecule has 0 aliphatic heterocycles. The van der Waals surface area contributed by atoms with Gasteiger partial charge in [-0.25, -0.2) is 18.1 Å². The number of anilines is 1. The molecule has 0 spiro atoms. The van der Waals surface area contributed by atoms with Crippen molar-refractivity contribution in [2.24, 2.45) is 0 Å². The maximum absolute atomic E-state index is 13.1. The molecule has 0 unspecified atom stereocenters. The maximum Gasteiger partial charge on any atom is 0.256 e. The number of amides is 1. The van der Waals surface area contributed by atoms with Gasteiger partial charge in [0, 0.05) is 16.8 Å². The Bertz CT molecular complexity index is 1420. The highest BCUT2D eigenvalue weighted by Gasteiger charge is 2.19. The molecule has 1 heterocycles. The van der Waals surface area contributed by atoms with Gasteiger partial charge in [0.05, 0.1) is 16.7 Å². The molecular formula is C25H23N3O4S. The number of aromatic nitrogens is 1. The van der Waals surface area contributed by atoms with Crippen molar-refractivity contribution in [3.8, 4) is 22.8 Å². The lowest BCUT2D eigenvalue weighted by atomic mass is 10.1. The Hall–Kier alpha value is -3.75. The lowest BCUT2D eigenvalue weighted by molar-refractivity contribution is 0.102. The van der Waals surface area contributed by atoms with Gasteiger partial charge in [0.15, 0.2) is 5.76 Å². The zero-order valence-corrected chi connectivity index (χ0v) is 19.2. The third kappa shape index (κ3) is 4.72. The standard InChI is InChI=1S/C25H23N3O4S/c1-16-8-11-18(12-9-16)22-15-27-25(32-22)21-7-5-4-6-20(21)24(29)28-19-13-10-17(2)23(14-19)33(30,31)26-3/h4-15,26H,1-3H3,(H,28,29). The van der Waals surface area contributed by atoms with Gasteiger partial charge in [-0.05, 0) is 50.7 Å². The maximum atomic E-state index is 13.1. The van der Waals surface area contributed by atoms with Crippen LogP contribution in [0.15, 0.2) is 82.2 Å². The summed E-state index contributed by atoms with van der Waals surface area (Å²) in [4.78, 5) is 17.6. The molecule has 0 bridgehead atoms. The zero-order valence-electron chi connectivity index (χ0n) is 18.4. The molecule has 0 fully saturated rings. The molecule has 1 amide bonds. The van der Waals surface area contributed by atoms with Gasteiger partial charge < -0.3 is 9.73 Å². The van der Waals surface area contributed by atoms with E-state index in [1.807, 2.05) is 31.2 Å². The van der Waals surface area contributed by atoms with Crippen LogP contribution in [0.5, 0.6) is 0 Å². The van der Waals surface area contributed by atoms with Gasteiger partial charge in [-0.2, -0.15) is 0 Å². The molecule has 33 heavy (non-hydrogen) atoms. The second-order valence-electron chi connectivity index (χ2n) is 7.58. The number of benzene rings is 3. The van der Waals surface area contributed by atoms with Crippen LogP contribution in [-0.4, -0.2) is 26.4 Å². The lowest BCUT2D eigenvalue weighted by Crippen LogP contribution is -2.20. The number of oxazole rings is 1. The van der Waals surface area contributed by atoms with Gasteiger partial charge >= 0.3 is 0 Å². The summed E-state index contributed by atoms with van der Waals surface area (Å²) in [6, 6.07) is 19.6. The fourth-order valence-electron chi connectivity index (χ4n) is 3.39. The Morgan fingerprint density at radius 3 is 2.42 bits per heavy atom. The van der Waals surface area contributed by atoms with Crippen molar-refractivity contribution in [1.29, 1.82) is 0 Å². The van der Waals surface area contributed by atoms with Crippen molar-refractivity contribution >= 4 is 21.6 Å². The van der Waals surface area contributed by atoms with E-state index in [0.717, 1.165) is 11.1 Å². The number of aryl methyl sites for hydroxylation is 2. The molecule has 168 valence electrons. The first-order chi connectivity index (χ1) is 15.8. The van der Waals surface area contributed by atoms with Gasteiger partial charge in [-0.15, -0.1) is 0 Å². The van der Waals surface area contributed by atoms with Crippen molar-refractivity contribution in [2.75, 3.05) is 12.4 Å². The molecule has 4 aromatic rings. The minimum atomic E-state index is -3.66. The molecule has 7 nitrogen and oxygen atoms in total. The van der Waals surface area contributed by atoms with E-state index < -0.39 is 15.9 Å². The third-order valence-electron chi connectivity index (χ3n) is 5.25. The zero-order chi connectivity index (χ0) is 23.6. The summed E-state index contributed by atoms with van der Waals surface area (Å²) in [6.45, 7) is 3.70. The van der Waals surface area contributed by atoms with E-state index >= 15 is 0 Å².